The number of para-hydroxylation sites is 1. The predicted octanol–water partition coefficient (Wildman–Crippen LogP) is 25.1. The number of anilines is 6. The maximum absolute atomic E-state index is 10.2. The molecule has 19 rings (SSSR count). The molecule has 0 amide bonds. The lowest BCUT2D eigenvalue weighted by Crippen LogP contribution is -2.61. The first kappa shape index (κ1) is 56.1. The van der Waals surface area contributed by atoms with E-state index in [9.17, 15) is 11.0 Å². The Bertz CT molecular complexity index is 6390. The summed E-state index contributed by atoms with van der Waals surface area (Å²) in [5, 5.41) is 2.36. The van der Waals surface area contributed by atoms with Crippen LogP contribution in [0, 0.1) is 0 Å². The van der Waals surface area contributed by atoms with Crippen LogP contribution in [0.4, 0.5) is 34.1 Å². The first-order chi connectivity index (χ1) is 54.0. The van der Waals surface area contributed by atoms with Gasteiger partial charge in [-0.05, 0) is 193 Å². The van der Waals surface area contributed by atoms with Crippen molar-refractivity contribution in [2.75, 3.05) is 9.80 Å². The summed E-state index contributed by atoms with van der Waals surface area (Å²) >= 11 is 0. The van der Waals surface area contributed by atoms with Gasteiger partial charge in [-0.25, -0.2) is 0 Å². The molecule has 15 aromatic rings. The molecule has 0 bridgehead atoms. The molecule has 1 aromatic heterocycles. The SMILES string of the molecule is [2H]c1c([2H])c([2H])c2c(c1[2H])-c1c([2H])c([2H])c([2H])c([2H])c1C21c2ccccc2-c2cccc(-c3ccc4c(c3)B3c5ccc(C(C)(C)C)cc5N(c5ccc(C(C)(C)C)cc5-c5ccccc5)c5cc(-n6c7ccc(C(C)(C)C)cc7c7cc(C(C)(C)C)ccc76)cc(c53)N4c3c(-c4ccccc4)cccc3-c3ccccc3)c21. The lowest BCUT2D eigenvalue weighted by Gasteiger charge is -2.46. The van der Waals surface area contributed by atoms with Gasteiger partial charge in [0.25, 0.3) is 6.71 Å². The van der Waals surface area contributed by atoms with E-state index in [1.807, 2.05) is 24.3 Å². The van der Waals surface area contributed by atoms with E-state index in [1.54, 1.807) is 0 Å². The van der Waals surface area contributed by atoms with Crippen LogP contribution in [-0.4, -0.2) is 11.3 Å². The third-order valence-electron chi connectivity index (χ3n) is 23.0. The van der Waals surface area contributed by atoms with Crippen LogP contribution in [0.2, 0.25) is 0 Å². The van der Waals surface area contributed by atoms with Crippen LogP contribution < -0.4 is 26.2 Å². The minimum absolute atomic E-state index is 0.0815. The minimum Gasteiger partial charge on any atom is -0.311 e. The highest BCUT2D eigenvalue weighted by Gasteiger charge is 2.53. The van der Waals surface area contributed by atoms with E-state index >= 15 is 0 Å². The van der Waals surface area contributed by atoms with Gasteiger partial charge >= 0.3 is 0 Å². The molecule has 1 spiro atoms. The maximum atomic E-state index is 10.2. The lowest BCUT2D eigenvalue weighted by atomic mass is 9.33. The molecule has 105 heavy (non-hydrogen) atoms. The standard InChI is InChI=1S/C101H86BN3/c1-97(2,3)67-48-53-87(79(57-67)65-34-20-15-21-35-65)104-91-60-70(100(10,11)12)47-51-85(91)102-86-56-66(72-39-28-42-78-77-38-24-27-45-84(77)101(94(72)78)82-43-25-22-36-75(82)76-37-23-26-44-83(76)101)46-52-90(86)105(96-73(63-30-16-13-17-31-63)40-29-41-74(96)64-32-18-14-19-33-64)93-62-71(61-92(104)95(93)102)103-88-54-49-68(98(4,5)6)58-80(88)81-59-69(99(7,8)9)50-55-89(81)103/h13-62H,1-12H3/i22D,23D,25D,26D,36D,37D,43D,44D. The van der Waals surface area contributed by atoms with Crippen molar-refractivity contribution in [3.63, 3.8) is 0 Å². The summed E-state index contributed by atoms with van der Waals surface area (Å²) in [6.45, 7) is 27.1. The molecular weight excluding hydrogens is 1270 g/mol. The van der Waals surface area contributed by atoms with Crippen molar-refractivity contribution in [2.24, 2.45) is 0 Å². The highest BCUT2D eigenvalue weighted by atomic mass is 15.2. The van der Waals surface area contributed by atoms with E-state index in [0.29, 0.717) is 11.1 Å². The molecule has 2 aliphatic heterocycles. The van der Waals surface area contributed by atoms with Crippen molar-refractivity contribution >= 4 is 79.0 Å². The Balaban J connectivity index is 0.998. The van der Waals surface area contributed by atoms with Crippen LogP contribution in [0.25, 0.3) is 94.3 Å². The van der Waals surface area contributed by atoms with Gasteiger partial charge in [-0.3, -0.25) is 0 Å². The van der Waals surface area contributed by atoms with Crippen molar-refractivity contribution < 1.29 is 11.0 Å². The van der Waals surface area contributed by atoms with Crippen LogP contribution in [0.15, 0.2) is 303 Å². The Labute approximate surface area is 631 Å². The highest BCUT2D eigenvalue weighted by molar-refractivity contribution is 7.00. The molecule has 0 unspecified atom stereocenters. The molecular formula is C101H86BN3. The Morgan fingerprint density at radius 1 is 0.305 bits per heavy atom. The summed E-state index contributed by atoms with van der Waals surface area (Å²) < 4.78 is 80.1. The molecule has 4 heteroatoms. The summed E-state index contributed by atoms with van der Waals surface area (Å²) in [6.07, 6.45) is 0. The quantitative estimate of drug-likeness (QED) is 0.147. The van der Waals surface area contributed by atoms with E-state index in [2.05, 4.69) is 328 Å². The molecule has 3 nitrogen and oxygen atoms in total. The molecule has 508 valence electrons. The number of aromatic nitrogens is 1. The van der Waals surface area contributed by atoms with Gasteiger partial charge in [0.1, 0.15) is 0 Å². The normalized spacial score (nSPS) is 15.0. The first-order valence-corrected chi connectivity index (χ1v) is 37.0. The summed E-state index contributed by atoms with van der Waals surface area (Å²) in [4.78, 5) is 5.17. The van der Waals surface area contributed by atoms with E-state index in [4.69, 9.17) is 0 Å². The van der Waals surface area contributed by atoms with Gasteiger partial charge < -0.3 is 14.4 Å². The molecule has 3 heterocycles. The molecule has 0 saturated heterocycles. The Morgan fingerprint density at radius 3 is 1.33 bits per heavy atom. The first-order valence-electron chi connectivity index (χ1n) is 41.0. The molecule has 0 N–H and O–H groups in total. The van der Waals surface area contributed by atoms with Gasteiger partial charge in [-0.2, -0.15) is 0 Å². The zero-order valence-electron chi connectivity index (χ0n) is 69.7. The second kappa shape index (κ2) is 23.3. The van der Waals surface area contributed by atoms with Crippen LogP contribution in [-0.2, 0) is 27.1 Å². The fourth-order valence-electron chi connectivity index (χ4n) is 17.8. The third-order valence-corrected chi connectivity index (χ3v) is 23.0. The number of rotatable bonds is 7. The number of benzene rings is 14. The van der Waals surface area contributed by atoms with E-state index in [-0.39, 0.29) is 68.1 Å². The van der Waals surface area contributed by atoms with Crippen LogP contribution >= 0.6 is 0 Å². The summed E-state index contributed by atoms with van der Waals surface area (Å²) in [5.74, 6) is 0. The van der Waals surface area contributed by atoms with E-state index < -0.39 is 36.3 Å². The number of hydrogen-bond donors (Lipinski definition) is 0. The zero-order valence-corrected chi connectivity index (χ0v) is 61.7. The molecule has 14 aromatic carbocycles. The fourth-order valence-corrected chi connectivity index (χ4v) is 17.8. The second-order valence-corrected chi connectivity index (χ2v) is 33.4. The van der Waals surface area contributed by atoms with Gasteiger partial charge in [-0.1, -0.05) is 326 Å². The van der Waals surface area contributed by atoms with Gasteiger partial charge in [-0.15, -0.1) is 0 Å². The van der Waals surface area contributed by atoms with Crippen LogP contribution in [0.5, 0.6) is 0 Å². The molecule has 4 aliphatic rings. The minimum atomic E-state index is -1.66. The van der Waals surface area contributed by atoms with Crippen molar-refractivity contribution in [3.8, 4) is 72.4 Å². The Hall–Kier alpha value is -11.5. The Kier molecular flexibility index (Phi) is 12.4. The summed E-state index contributed by atoms with van der Waals surface area (Å²) in [7, 11) is 0. The van der Waals surface area contributed by atoms with Gasteiger partial charge in [0, 0.05) is 50.2 Å². The third kappa shape index (κ3) is 9.78. The lowest BCUT2D eigenvalue weighted by molar-refractivity contribution is 0.590. The van der Waals surface area contributed by atoms with Crippen molar-refractivity contribution in [3.05, 3.63) is 348 Å². The van der Waals surface area contributed by atoms with Crippen LogP contribution in [0.3, 0.4) is 0 Å². The number of hydrogen-bond acceptors (Lipinski definition) is 2. The zero-order chi connectivity index (χ0) is 78.8. The van der Waals surface area contributed by atoms with Crippen molar-refractivity contribution in [2.45, 2.75) is 110 Å². The monoisotopic (exact) mass is 1360 g/mol. The fraction of sp³-hybridized carbons (Fsp3) is 0.168. The predicted molar refractivity (Wildman–Crippen MR) is 448 cm³/mol. The summed E-state index contributed by atoms with van der Waals surface area (Å²) in [6, 6.07) is 90.5. The molecule has 0 saturated carbocycles. The van der Waals surface area contributed by atoms with Crippen molar-refractivity contribution in [1.82, 2.24) is 4.57 Å². The molecule has 0 atom stereocenters. The van der Waals surface area contributed by atoms with Gasteiger partial charge in [0.2, 0.25) is 0 Å². The summed E-state index contributed by atoms with van der Waals surface area (Å²) in [5.41, 5.74) is 26.3. The molecule has 0 radical (unpaired) electrons. The van der Waals surface area contributed by atoms with E-state index in [1.165, 1.54) is 33.0 Å². The average molecular weight is 1360 g/mol. The topological polar surface area (TPSA) is 11.4 Å². The molecule has 0 fully saturated rings. The average Bonchev–Trinajstić information content (AvgIpc) is 1.66. The van der Waals surface area contributed by atoms with Crippen molar-refractivity contribution in [1.29, 1.82) is 0 Å². The highest BCUT2D eigenvalue weighted by Crippen LogP contribution is 2.65. The van der Waals surface area contributed by atoms with Gasteiger partial charge in [0.05, 0.1) is 44.5 Å². The number of fused-ring (bicyclic) bond motifs is 17. The number of nitrogens with zero attached hydrogens (tertiary/aromatic N) is 3. The maximum Gasteiger partial charge on any atom is 0.252 e. The second-order valence-electron chi connectivity index (χ2n) is 33.4. The Morgan fingerprint density at radius 2 is 0.762 bits per heavy atom. The largest absolute Gasteiger partial charge is 0.311 e. The smallest absolute Gasteiger partial charge is 0.252 e. The van der Waals surface area contributed by atoms with Gasteiger partial charge in [0.15, 0.2) is 0 Å². The van der Waals surface area contributed by atoms with E-state index in [0.717, 1.165) is 123 Å². The van der Waals surface area contributed by atoms with Crippen LogP contribution in [0.1, 0.15) is 139 Å². The molecule has 2 aliphatic carbocycles.